The van der Waals surface area contributed by atoms with Gasteiger partial charge >= 0.3 is 18.0 Å². The van der Waals surface area contributed by atoms with Crippen LogP contribution >= 0.6 is 0 Å². The van der Waals surface area contributed by atoms with Crippen LogP contribution in [-0.4, -0.2) is 34.8 Å². The minimum Gasteiger partial charge on any atom is -0.480 e. The van der Waals surface area contributed by atoms with Crippen LogP contribution in [-0.2, 0) is 27.3 Å². The van der Waals surface area contributed by atoms with E-state index in [9.17, 15) is 19.5 Å². The lowest BCUT2D eigenvalue weighted by Gasteiger charge is -2.19. The maximum absolute atomic E-state index is 12.0. The fourth-order valence-electron chi connectivity index (χ4n) is 2.46. The Morgan fingerprint density at radius 2 is 1.59 bits per heavy atom. The summed E-state index contributed by atoms with van der Waals surface area (Å²) in [6.45, 7) is 5.38. The highest BCUT2D eigenvalue weighted by atomic mass is 16.6. The number of esters is 1. The lowest BCUT2D eigenvalue weighted by atomic mass is 10.0. The molecule has 2 aromatic rings. The van der Waals surface area contributed by atoms with Gasteiger partial charge < -0.3 is 19.9 Å². The number of nitrogens with one attached hydrogen (secondary N) is 1. The van der Waals surface area contributed by atoms with Gasteiger partial charge in [-0.3, -0.25) is 0 Å². The van der Waals surface area contributed by atoms with Crippen molar-refractivity contribution in [3.05, 3.63) is 71.3 Å². The fraction of sp³-hybridized carbons (Fsp3) is 0.318. The van der Waals surface area contributed by atoms with E-state index in [2.05, 4.69) is 5.32 Å². The molecule has 29 heavy (non-hydrogen) atoms. The second-order valence-electron chi connectivity index (χ2n) is 7.50. The van der Waals surface area contributed by atoms with Gasteiger partial charge in [0.25, 0.3) is 0 Å². The molecule has 0 aliphatic carbocycles. The van der Waals surface area contributed by atoms with Crippen LogP contribution in [0.2, 0.25) is 0 Å². The van der Waals surface area contributed by atoms with Crippen molar-refractivity contribution in [3.8, 4) is 0 Å². The molecular weight excluding hydrogens is 374 g/mol. The summed E-state index contributed by atoms with van der Waals surface area (Å²) in [6, 6.07) is 14.3. The van der Waals surface area contributed by atoms with E-state index < -0.39 is 29.7 Å². The van der Waals surface area contributed by atoms with E-state index >= 15 is 0 Å². The van der Waals surface area contributed by atoms with Crippen LogP contribution in [0.3, 0.4) is 0 Å². The van der Waals surface area contributed by atoms with Crippen LogP contribution in [0.25, 0.3) is 0 Å². The Hall–Kier alpha value is -3.35. The zero-order chi connectivity index (χ0) is 21.4. The molecule has 0 fully saturated rings. The molecule has 0 bridgehead atoms. The summed E-state index contributed by atoms with van der Waals surface area (Å²) in [6.07, 6.45) is -0.767. The van der Waals surface area contributed by atoms with Gasteiger partial charge in [-0.15, -0.1) is 0 Å². The zero-order valence-electron chi connectivity index (χ0n) is 16.7. The van der Waals surface area contributed by atoms with E-state index in [-0.39, 0.29) is 13.0 Å². The summed E-state index contributed by atoms with van der Waals surface area (Å²) in [4.78, 5) is 35.5. The molecule has 0 aliphatic rings. The van der Waals surface area contributed by atoms with Crippen molar-refractivity contribution in [2.24, 2.45) is 0 Å². The Labute approximate surface area is 169 Å². The third-order valence-corrected chi connectivity index (χ3v) is 3.83. The number of ether oxygens (including phenoxy) is 2. The highest BCUT2D eigenvalue weighted by Crippen LogP contribution is 2.14. The molecule has 0 saturated heterocycles. The number of rotatable bonds is 7. The van der Waals surface area contributed by atoms with Gasteiger partial charge in [0, 0.05) is 6.42 Å². The molecule has 7 nitrogen and oxygen atoms in total. The smallest absolute Gasteiger partial charge is 0.408 e. The first kappa shape index (κ1) is 21.9. The average Bonchev–Trinajstić information content (AvgIpc) is 2.66. The number of carboxylic acid groups (broad SMARTS) is 1. The van der Waals surface area contributed by atoms with Crippen molar-refractivity contribution in [1.29, 1.82) is 0 Å². The van der Waals surface area contributed by atoms with E-state index in [1.807, 2.05) is 18.2 Å². The molecule has 0 aliphatic heterocycles. The van der Waals surface area contributed by atoms with Crippen molar-refractivity contribution in [2.75, 3.05) is 0 Å². The fourth-order valence-corrected chi connectivity index (χ4v) is 2.46. The van der Waals surface area contributed by atoms with E-state index in [1.165, 1.54) is 0 Å². The molecule has 7 heteroatoms. The summed E-state index contributed by atoms with van der Waals surface area (Å²) in [5.74, 6) is -1.64. The minimum absolute atomic E-state index is 0.0452. The molecule has 0 saturated carbocycles. The Bertz CT molecular complexity index is 840. The van der Waals surface area contributed by atoms with Gasteiger partial charge in [-0.05, 0) is 44.0 Å². The number of benzene rings is 2. The lowest BCUT2D eigenvalue weighted by molar-refractivity contribution is -0.139. The van der Waals surface area contributed by atoms with Crippen molar-refractivity contribution in [1.82, 2.24) is 5.32 Å². The number of aliphatic carboxylic acids is 1. The third kappa shape index (κ3) is 7.65. The monoisotopic (exact) mass is 399 g/mol. The van der Waals surface area contributed by atoms with Crippen LogP contribution in [0, 0.1) is 0 Å². The maximum atomic E-state index is 12.0. The van der Waals surface area contributed by atoms with Gasteiger partial charge in [0.1, 0.15) is 18.2 Å². The zero-order valence-corrected chi connectivity index (χ0v) is 16.7. The molecule has 2 rings (SSSR count). The minimum atomic E-state index is -1.18. The molecule has 2 aromatic carbocycles. The molecule has 0 spiro atoms. The standard InChI is InChI=1S/C22H25NO6/c1-22(2,3)29-20(26)17-11-9-15(10-12-17)13-18(19(24)25)23-21(27)28-14-16-7-5-4-6-8-16/h4-12,18H,13-14H2,1-3H3,(H,23,27)(H,24,25)/t18-/m0/s1. The Kier molecular flexibility index (Phi) is 7.36. The highest BCUT2D eigenvalue weighted by Gasteiger charge is 2.22. The SMILES string of the molecule is CC(C)(C)OC(=O)c1ccc(C[C@H](NC(=O)OCc2ccccc2)C(=O)O)cc1. The summed E-state index contributed by atoms with van der Waals surface area (Å²) >= 11 is 0. The Morgan fingerprint density at radius 1 is 0.966 bits per heavy atom. The predicted molar refractivity (Wildman–Crippen MR) is 107 cm³/mol. The molecule has 2 N–H and O–H groups in total. The van der Waals surface area contributed by atoms with Gasteiger partial charge in [0.05, 0.1) is 5.56 Å². The number of amides is 1. The van der Waals surface area contributed by atoms with E-state index in [1.54, 1.807) is 57.2 Å². The van der Waals surface area contributed by atoms with E-state index in [0.717, 1.165) is 5.56 Å². The van der Waals surface area contributed by atoms with Crippen molar-refractivity contribution in [2.45, 2.75) is 45.4 Å². The second kappa shape index (κ2) is 9.73. The van der Waals surface area contributed by atoms with Gasteiger partial charge in [0.2, 0.25) is 0 Å². The number of carbonyl (C=O) groups is 3. The van der Waals surface area contributed by atoms with Crippen LogP contribution in [0.4, 0.5) is 4.79 Å². The largest absolute Gasteiger partial charge is 0.480 e. The molecule has 0 aromatic heterocycles. The third-order valence-electron chi connectivity index (χ3n) is 3.83. The molecular formula is C22H25NO6. The van der Waals surface area contributed by atoms with Gasteiger partial charge in [-0.1, -0.05) is 42.5 Å². The predicted octanol–water partition coefficient (Wildman–Crippen LogP) is 3.56. The molecule has 0 heterocycles. The summed E-state index contributed by atoms with van der Waals surface area (Å²) in [7, 11) is 0. The quantitative estimate of drug-likeness (QED) is 0.690. The first-order chi connectivity index (χ1) is 13.6. The summed E-state index contributed by atoms with van der Waals surface area (Å²) < 4.78 is 10.4. The molecule has 154 valence electrons. The summed E-state index contributed by atoms with van der Waals surface area (Å²) in [5, 5.41) is 11.7. The van der Waals surface area contributed by atoms with Gasteiger partial charge in [-0.25, -0.2) is 14.4 Å². The number of carboxylic acids is 1. The summed E-state index contributed by atoms with van der Waals surface area (Å²) in [5.41, 5.74) is 1.21. The Balaban J connectivity index is 1.93. The molecule has 1 amide bonds. The Morgan fingerprint density at radius 3 is 2.14 bits per heavy atom. The van der Waals surface area contributed by atoms with Crippen molar-refractivity contribution < 1.29 is 29.0 Å². The highest BCUT2D eigenvalue weighted by molar-refractivity contribution is 5.89. The van der Waals surface area contributed by atoms with E-state index in [4.69, 9.17) is 9.47 Å². The second-order valence-corrected chi connectivity index (χ2v) is 7.50. The van der Waals surface area contributed by atoms with Crippen LogP contribution < -0.4 is 5.32 Å². The van der Waals surface area contributed by atoms with Gasteiger partial charge in [-0.2, -0.15) is 0 Å². The molecule has 1 atom stereocenters. The average molecular weight is 399 g/mol. The number of hydrogen-bond acceptors (Lipinski definition) is 5. The van der Waals surface area contributed by atoms with Crippen molar-refractivity contribution >= 4 is 18.0 Å². The van der Waals surface area contributed by atoms with Crippen molar-refractivity contribution in [3.63, 3.8) is 0 Å². The molecule has 0 unspecified atom stereocenters. The first-order valence-corrected chi connectivity index (χ1v) is 9.16. The molecule has 0 radical (unpaired) electrons. The number of carbonyl (C=O) groups excluding carboxylic acids is 2. The van der Waals surface area contributed by atoms with E-state index in [0.29, 0.717) is 11.1 Å². The maximum Gasteiger partial charge on any atom is 0.408 e. The first-order valence-electron chi connectivity index (χ1n) is 9.16. The van der Waals surface area contributed by atoms with Crippen LogP contribution in [0.15, 0.2) is 54.6 Å². The normalized spacial score (nSPS) is 12.0. The van der Waals surface area contributed by atoms with Gasteiger partial charge in [0.15, 0.2) is 0 Å². The van der Waals surface area contributed by atoms with Crippen LogP contribution in [0.5, 0.6) is 0 Å². The number of hydrogen-bond donors (Lipinski definition) is 2. The topological polar surface area (TPSA) is 102 Å². The number of alkyl carbamates (subject to hydrolysis) is 1. The lowest BCUT2D eigenvalue weighted by Crippen LogP contribution is -2.42. The van der Waals surface area contributed by atoms with Crippen LogP contribution in [0.1, 0.15) is 42.3 Å².